The van der Waals surface area contributed by atoms with E-state index in [0.29, 0.717) is 5.69 Å². The quantitative estimate of drug-likeness (QED) is 0.788. The van der Waals surface area contributed by atoms with E-state index in [-0.39, 0.29) is 11.5 Å². The van der Waals surface area contributed by atoms with Gasteiger partial charge in [0.1, 0.15) is 11.5 Å². The first-order chi connectivity index (χ1) is 10.8. The summed E-state index contributed by atoms with van der Waals surface area (Å²) in [5.74, 6) is 0.195. The molecule has 1 atom stereocenters. The van der Waals surface area contributed by atoms with Gasteiger partial charge in [0.15, 0.2) is 0 Å². The van der Waals surface area contributed by atoms with E-state index in [1.165, 1.54) is 4.57 Å². The fraction of sp³-hybridized carbons (Fsp3) is 0.200. The smallest absolute Gasteiger partial charge is 0.322 e. The van der Waals surface area contributed by atoms with Gasteiger partial charge in [-0.2, -0.15) is 13.2 Å². The van der Waals surface area contributed by atoms with E-state index >= 15 is 0 Å². The zero-order chi connectivity index (χ0) is 16.8. The Balaban J connectivity index is 2.37. The highest BCUT2D eigenvalue weighted by Crippen LogP contribution is 2.30. The van der Waals surface area contributed by atoms with Gasteiger partial charge in [0.05, 0.1) is 17.3 Å². The predicted octanol–water partition coefficient (Wildman–Crippen LogP) is 2.52. The van der Waals surface area contributed by atoms with Crippen molar-refractivity contribution < 1.29 is 13.2 Å². The molecule has 120 valence electrons. The molecule has 0 amide bonds. The Bertz CT molecular complexity index is 910. The summed E-state index contributed by atoms with van der Waals surface area (Å²) in [6, 6.07) is 8.73. The number of nitrogens with two attached hydrogens (primary N) is 1. The summed E-state index contributed by atoms with van der Waals surface area (Å²) in [4.78, 5) is 16.8. The number of hydrogen-bond donors (Lipinski definition) is 1. The molecule has 8 heteroatoms. The maximum absolute atomic E-state index is 12.9. The summed E-state index contributed by atoms with van der Waals surface area (Å²) >= 11 is 0. The van der Waals surface area contributed by atoms with Crippen molar-refractivity contribution in [2.24, 2.45) is 5.73 Å². The van der Waals surface area contributed by atoms with Crippen molar-refractivity contribution in [2.75, 3.05) is 0 Å². The first kappa shape index (κ1) is 15.3. The maximum atomic E-state index is 12.9. The zero-order valence-corrected chi connectivity index (χ0v) is 12.1. The van der Waals surface area contributed by atoms with Crippen LogP contribution in [0, 0.1) is 0 Å². The van der Waals surface area contributed by atoms with Crippen LogP contribution in [0.15, 0.2) is 47.4 Å². The van der Waals surface area contributed by atoms with Gasteiger partial charge >= 0.3 is 11.9 Å². The molecule has 1 aromatic carbocycles. The minimum atomic E-state index is -4.55. The van der Waals surface area contributed by atoms with Crippen molar-refractivity contribution in [3.63, 3.8) is 0 Å². The van der Waals surface area contributed by atoms with Crippen molar-refractivity contribution >= 4 is 5.65 Å². The molecule has 23 heavy (non-hydrogen) atoms. The molecule has 0 saturated carbocycles. The molecule has 0 aliphatic heterocycles. The van der Waals surface area contributed by atoms with Crippen molar-refractivity contribution in [1.29, 1.82) is 0 Å². The summed E-state index contributed by atoms with van der Waals surface area (Å²) in [5.41, 5.74) is 4.68. The molecule has 2 aromatic heterocycles. The fourth-order valence-electron chi connectivity index (χ4n) is 2.34. The minimum Gasteiger partial charge on any atom is -0.322 e. The van der Waals surface area contributed by atoms with Gasteiger partial charge in [0.25, 0.3) is 0 Å². The molecule has 0 radical (unpaired) electrons. The molecular formula is C15H13F3N4O. The number of halogens is 3. The molecule has 0 aliphatic rings. The number of rotatable bonds is 2. The van der Waals surface area contributed by atoms with Crippen LogP contribution in [0.1, 0.15) is 24.4 Å². The summed E-state index contributed by atoms with van der Waals surface area (Å²) in [5, 5.41) is 0. The SMILES string of the molecule is CC(N)c1nc2cc(C(F)(F)F)cn2c(=O)n1-c1ccccc1. The fourth-order valence-corrected chi connectivity index (χ4v) is 2.34. The van der Waals surface area contributed by atoms with E-state index in [1.807, 2.05) is 0 Å². The molecule has 0 spiro atoms. The Morgan fingerprint density at radius 1 is 1.22 bits per heavy atom. The minimum absolute atomic E-state index is 0.0817. The van der Waals surface area contributed by atoms with E-state index in [2.05, 4.69) is 4.98 Å². The van der Waals surface area contributed by atoms with Gasteiger partial charge in [0, 0.05) is 6.20 Å². The van der Waals surface area contributed by atoms with E-state index in [0.717, 1.165) is 16.7 Å². The third-order valence-electron chi connectivity index (χ3n) is 3.40. The Kier molecular flexibility index (Phi) is 3.48. The molecule has 2 N–H and O–H groups in total. The molecule has 2 heterocycles. The third kappa shape index (κ3) is 2.61. The molecular weight excluding hydrogens is 309 g/mol. The van der Waals surface area contributed by atoms with Gasteiger partial charge in [-0.15, -0.1) is 0 Å². The van der Waals surface area contributed by atoms with E-state index < -0.39 is 23.5 Å². The second-order valence-corrected chi connectivity index (χ2v) is 5.17. The normalized spacial score (nSPS) is 13.4. The first-order valence-electron chi connectivity index (χ1n) is 6.82. The largest absolute Gasteiger partial charge is 0.417 e. The number of alkyl halides is 3. The van der Waals surface area contributed by atoms with Crippen molar-refractivity contribution in [3.05, 3.63) is 64.5 Å². The monoisotopic (exact) mass is 322 g/mol. The van der Waals surface area contributed by atoms with Gasteiger partial charge in [-0.05, 0) is 25.1 Å². The summed E-state index contributed by atoms with van der Waals surface area (Å²) in [6.07, 6.45) is -3.80. The molecule has 0 saturated heterocycles. The Hall–Kier alpha value is -2.61. The Labute approximate surface area is 128 Å². The molecule has 0 fully saturated rings. The Morgan fingerprint density at radius 2 is 1.87 bits per heavy atom. The lowest BCUT2D eigenvalue weighted by Crippen LogP contribution is -2.31. The van der Waals surface area contributed by atoms with Crippen LogP contribution in [-0.2, 0) is 6.18 Å². The molecule has 5 nitrogen and oxygen atoms in total. The van der Waals surface area contributed by atoms with Crippen LogP contribution in [0.4, 0.5) is 13.2 Å². The van der Waals surface area contributed by atoms with Crippen LogP contribution in [0.2, 0.25) is 0 Å². The van der Waals surface area contributed by atoms with Crippen LogP contribution in [0.3, 0.4) is 0 Å². The zero-order valence-electron chi connectivity index (χ0n) is 12.1. The summed E-state index contributed by atoms with van der Waals surface area (Å²) in [7, 11) is 0. The number of benzene rings is 1. The van der Waals surface area contributed by atoms with Crippen LogP contribution >= 0.6 is 0 Å². The van der Waals surface area contributed by atoms with Gasteiger partial charge < -0.3 is 5.73 Å². The van der Waals surface area contributed by atoms with Crippen LogP contribution in [0.5, 0.6) is 0 Å². The predicted molar refractivity (Wildman–Crippen MR) is 78.4 cm³/mol. The van der Waals surface area contributed by atoms with Gasteiger partial charge in [-0.3, -0.25) is 4.40 Å². The van der Waals surface area contributed by atoms with Crippen LogP contribution in [0.25, 0.3) is 11.3 Å². The lowest BCUT2D eigenvalue weighted by atomic mass is 10.2. The highest BCUT2D eigenvalue weighted by molar-refractivity contribution is 5.45. The molecule has 0 aliphatic carbocycles. The molecule has 3 rings (SSSR count). The molecule has 1 unspecified atom stereocenters. The Morgan fingerprint density at radius 3 is 2.43 bits per heavy atom. The third-order valence-corrected chi connectivity index (χ3v) is 3.40. The number of fused-ring (bicyclic) bond motifs is 1. The number of hydrogen-bond acceptors (Lipinski definition) is 3. The second-order valence-electron chi connectivity index (χ2n) is 5.17. The summed E-state index contributed by atoms with van der Waals surface area (Å²) < 4.78 is 40.7. The lowest BCUT2D eigenvalue weighted by molar-refractivity contribution is -0.137. The standard InChI is InChI=1S/C15H13F3N4O/c1-9(19)13-20-12-7-10(15(16,17)18)8-21(12)14(23)22(13)11-5-3-2-4-6-11/h2-9H,19H2,1H3. The average molecular weight is 322 g/mol. The highest BCUT2D eigenvalue weighted by Gasteiger charge is 2.33. The number of nitrogens with zero attached hydrogens (tertiary/aromatic N) is 3. The van der Waals surface area contributed by atoms with Gasteiger partial charge in [-0.25, -0.2) is 14.3 Å². The van der Waals surface area contributed by atoms with E-state index in [4.69, 9.17) is 5.73 Å². The number of para-hydroxylation sites is 1. The molecule has 0 bridgehead atoms. The number of aromatic nitrogens is 3. The average Bonchev–Trinajstić information content (AvgIpc) is 2.92. The van der Waals surface area contributed by atoms with Crippen molar-refractivity contribution in [2.45, 2.75) is 19.1 Å². The van der Waals surface area contributed by atoms with E-state index in [1.54, 1.807) is 37.3 Å². The van der Waals surface area contributed by atoms with E-state index in [9.17, 15) is 18.0 Å². The second kappa shape index (κ2) is 5.24. The lowest BCUT2D eigenvalue weighted by Gasteiger charge is -2.15. The highest BCUT2D eigenvalue weighted by atomic mass is 19.4. The van der Waals surface area contributed by atoms with Crippen LogP contribution in [-0.4, -0.2) is 14.0 Å². The van der Waals surface area contributed by atoms with Gasteiger partial charge in [-0.1, -0.05) is 18.2 Å². The van der Waals surface area contributed by atoms with Crippen LogP contribution < -0.4 is 11.4 Å². The molecule has 3 aromatic rings. The first-order valence-corrected chi connectivity index (χ1v) is 6.82. The van der Waals surface area contributed by atoms with Gasteiger partial charge in [0.2, 0.25) is 0 Å². The summed E-state index contributed by atoms with van der Waals surface area (Å²) in [6.45, 7) is 1.62. The van der Waals surface area contributed by atoms with Crippen molar-refractivity contribution in [1.82, 2.24) is 14.0 Å². The topological polar surface area (TPSA) is 65.3 Å². The van der Waals surface area contributed by atoms with Crippen molar-refractivity contribution in [3.8, 4) is 5.69 Å². The maximum Gasteiger partial charge on any atom is 0.417 e.